The first-order valence-electron chi connectivity index (χ1n) is 6.57. The van der Waals surface area contributed by atoms with Gasteiger partial charge in [0.05, 0.1) is 6.61 Å². The van der Waals surface area contributed by atoms with Gasteiger partial charge in [-0.05, 0) is 17.4 Å². The van der Waals surface area contributed by atoms with E-state index in [4.69, 9.17) is 4.74 Å². The third-order valence-corrected chi connectivity index (χ3v) is 4.23. The Hall–Kier alpha value is -2.41. The number of aromatic nitrogens is 6. The highest BCUT2D eigenvalue weighted by molar-refractivity contribution is 5.20. The summed E-state index contributed by atoms with van der Waals surface area (Å²) in [6.45, 7) is 1.00. The summed E-state index contributed by atoms with van der Waals surface area (Å²) in [6, 6.07) is -0.778. The van der Waals surface area contributed by atoms with Crippen LogP contribution in [0.1, 0.15) is 23.7 Å². The first-order chi connectivity index (χ1) is 10.5. The Balaban J connectivity index is 0.00000156. The van der Waals surface area contributed by atoms with Gasteiger partial charge in [-0.25, -0.2) is 9.48 Å². The number of nitrogens with one attached hydrogen (secondary N) is 1. The molecular weight excluding hydrogens is 312 g/mol. The third-order valence-electron chi connectivity index (χ3n) is 4.23. The zero-order valence-electron chi connectivity index (χ0n) is 11.9. The van der Waals surface area contributed by atoms with Crippen molar-refractivity contribution in [2.75, 3.05) is 6.61 Å². The minimum atomic E-state index is -1.48. The van der Waals surface area contributed by atoms with Crippen molar-refractivity contribution in [2.24, 2.45) is 0 Å². The monoisotopic (exact) mass is 326 g/mol. The summed E-state index contributed by atoms with van der Waals surface area (Å²) in [5, 5.41) is 31.2. The SMILES string of the molecule is Cc1cn([C@@H]2O[C@@]3(CO)c4nnnn4[C@@H]2[C@@H]3O)c(=O)[nH]c1=O.O. The lowest BCUT2D eigenvalue weighted by Gasteiger charge is -2.28. The molecule has 0 aliphatic carbocycles. The van der Waals surface area contributed by atoms with E-state index in [-0.39, 0.29) is 11.3 Å². The molecule has 0 unspecified atom stereocenters. The molecule has 4 heterocycles. The smallest absolute Gasteiger partial charge is 0.330 e. The van der Waals surface area contributed by atoms with Crippen LogP contribution in [0.4, 0.5) is 0 Å². The zero-order chi connectivity index (χ0) is 15.6. The number of hydrogen-bond donors (Lipinski definition) is 3. The van der Waals surface area contributed by atoms with Gasteiger partial charge in [-0.15, -0.1) is 5.10 Å². The predicted molar refractivity (Wildman–Crippen MR) is 71.4 cm³/mol. The lowest BCUT2D eigenvalue weighted by molar-refractivity contribution is -0.146. The highest BCUT2D eigenvalue weighted by Gasteiger charge is 2.66. The molecule has 2 aromatic heterocycles. The number of hydrogen-bond acceptors (Lipinski definition) is 8. The average Bonchev–Trinajstić information content (AvgIpc) is 3.12. The van der Waals surface area contributed by atoms with Crippen molar-refractivity contribution in [1.82, 2.24) is 29.8 Å². The number of rotatable bonds is 2. The lowest BCUT2D eigenvalue weighted by atomic mass is 9.99. The molecule has 2 bridgehead atoms. The molecule has 0 radical (unpaired) electrons. The van der Waals surface area contributed by atoms with Crippen LogP contribution in [0.25, 0.3) is 0 Å². The van der Waals surface area contributed by atoms with E-state index >= 15 is 0 Å². The van der Waals surface area contributed by atoms with Crippen molar-refractivity contribution in [2.45, 2.75) is 30.9 Å². The van der Waals surface area contributed by atoms with Gasteiger partial charge in [0.15, 0.2) is 17.7 Å². The van der Waals surface area contributed by atoms with Crippen LogP contribution in [0.15, 0.2) is 15.8 Å². The Morgan fingerprint density at radius 1 is 1.48 bits per heavy atom. The van der Waals surface area contributed by atoms with Gasteiger partial charge in [0, 0.05) is 11.8 Å². The average molecular weight is 326 g/mol. The van der Waals surface area contributed by atoms with E-state index in [9.17, 15) is 19.8 Å². The van der Waals surface area contributed by atoms with Crippen molar-refractivity contribution in [1.29, 1.82) is 0 Å². The standard InChI is InChI=1S/C11H12N6O5.H2O/c1-4-2-16(10(21)12-7(4)20)8-5-6(19)11(3-18,22-8)9-13-14-15-17(5)9;/h2,5-6,8,18-19H,3H2,1H3,(H,12,20,21);1H2/t5-,6+,8-,11-;/m1./s1. The van der Waals surface area contributed by atoms with Gasteiger partial charge >= 0.3 is 5.69 Å². The van der Waals surface area contributed by atoms with E-state index < -0.39 is 41.8 Å². The van der Waals surface area contributed by atoms with Crippen LogP contribution in [-0.4, -0.2) is 58.2 Å². The molecule has 4 rings (SSSR count). The molecule has 23 heavy (non-hydrogen) atoms. The fraction of sp³-hybridized carbons (Fsp3) is 0.545. The minimum Gasteiger partial charge on any atom is -0.412 e. The summed E-state index contributed by atoms with van der Waals surface area (Å²) in [7, 11) is 0. The highest BCUT2D eigenvalue weighted by Crippen LogP contribution is 2.54. The second kappa shape index (κ2) is 4.79. The zero-order valence-corrected chi connectivity index (χ0v) is 11.9. The van der Waals surface area contributed by atoms with Crippen molar-refractivity contribution in [3.63, 3.8) is 0 Å². The summed E-state index contributed by atoms with van der Waals surface area (Å²) in [4.78, 5) is 25.7. The molecule has 2 aromatic rings. The number of ether oxygens (including phenoxy) is 1. The van der Waals surface area contributed by atoms with Crippen molar-refractivity contribution in [3.8, 4) is 0 Å². The van der Waals surface area contributed by atoms with E-state index in [1.807, 2.05) is 0 Å². The maximum absolute atomic E-state index is 12.0. The maximum atomic E-state index is 12.0. The molecule has 0 saturated carbocycles. The summed E-state index contributed by atoms with van der Waals surface area (Å²) in [5.41, 5.74) is -2.34. The van der Waals surface area contributed by atoms with Gasteiger partial charge in [-0.1, -0.05) is 0 Å². The second-order valence-electron chi connectivity index (χ2n) is 5.42. The molecule has 1 fully saturated rings. The third kappa shape index (κ3) is 1.71. The van der Waals surface area contributed by atoms with Crippen LogP contribution in [0.2, 0.25) is 0 Å². The van der Waals surface area contributed by atoms with Crippen molar-refractivity contribution in [3.05, 3.63) is 38.4 Å². The molecule has 0 amide bonds. The minimum absolute atomic E-state index is 0. The Labute approximate surface area is 127 Å². The summed E-state index contributed by atoms with van der Waals surface area (Å²) in [5.74, 6) is 0.206. The first-order valence-corrected chi connectivity index (χ1v) is 6.57. The Morgan fingerprint density at radius 2 is 2.22 bits per heavy atom. The highest BCUT2D eigenvalue weighted by atomic mass is 16.6. The van der Waals surface area contributed by atoms with Crippen LogP contribution >= 0.6 is 0 Å². The molecule has 4 atom stereocenters. The first kappa shape index (κ1) is 15.5. The molecule has 1 saturated heterocycles. The number of aryl methyl sites for hydroxylation is 1. The molecule has 0 aromatic carbocycles. The van der Waals surface area contributed by atoms with Gasteiger partial charge in [0.1, 0.15) is 12.1 Å². The topological polar surface area (TPSA) is 180 Å². The summed E-state index contributed by atoms with van der Waals surface area (Å²) >= 11 is 0. The Kier molecular flexibility index (Phi) is 3.23. The number of H-pyrrole nitrogens is 1. The molecule has 5 N–H and O–H groups in total. The summed E-state index contributed by atoms with van der Waals surface area (Å²) < 4.78 is 8.23. The molecule has 12 heteroatoms. The molecule has 2 aliphatic rings. The van der Waals surface area contributed by atoms with E-state index in [1.165, 1.54) is 10.9 Å². The van der Waals surface area contributed by atoms with Crippen molar-refractivity contribution < 1.29 is 20.4 Å². The Morgan fingerprint density at radius 3 is 2.91 bits per heavy atom. The lowest BCUT2D eigenvalue weighted by Crippen LogP contribution is -2.41. The van der Waals surface area contributed by atoms with Gasteiger partial charge in [-0.3, -0.25) is 14.3 Å². The second-order valence-corrected chi connectivity index (χ2v) is 5.42. The van der Waals surface area contributed by atoms with Gasteiger partial charge in [0.2, 0.25) is 0 Å². The van der Waals surface area contributed by atoms with E-state index in [2.05, 4.69) is 20.5 Å². The van der Waals surface area contributed by atoms with Crippen LogP contribution in [0, 0.1) is 6.92 Å². The predicted octanol–water partition coefficient (Wildman–Crippen LogP) is -3.66. The van der Waals surface area contributed by atoms with Gasteiger partial charge in [0.25, 0.3) is 5.56 Å². The van der Waals surface area contributed by atoms with E-state index in [1.54, 1.807) is 6.92 Å². The molecular formula is C11H14N6O6. The van der Waals surface area contributed by atoms with Crippen molar-refractivity contribution >= 4 is 0 Å². The molecule has 12 nitrogen and oxygen atoms in total. The van der Waals surface area contributed by atoms with Gasteiger partial charge in [-0.2, -0.15) is 0 Å². The number of aromatic amines is 1. The molecule has 0 spiro atoms. The van der Waals surface area contributed by atoms with Gasteiger partial charge < -0.3 is 20.4 Å². The maximum Gasteiger partial charge on any atom is 0.330 e. The fourth-order valence-electron chi connectivity index (χ4n) is 3.10. The van der Waals surface area contributed by atoms with Crippen LogP contribution < -0.4 is 11.2 Å². The normalized spacial score (nSPS) is 31.0. The number of nitrogens with zero attached hydrogens (tertiary/aromatic N) is 5. The summed E-state index contributed by atoms with van der Waals surface area (Å²) in [6.07, 6.45) is -0.741. The molecule has 124 valence electrons. The fourth-order valence-corrected chi connectivity index (χ4v) is 3.10. The number of aliphatic hydroxyl groups excluding tert-OH is 2. The largest absolute Gasteiger partial charge is 0.412 e. The number of fused-ring (bicyclic) bond motifs is 5. The Bertz CT molecular complexity index is 872. The van der Waals surface area contributed by atoms with E-state index in [0.29, 0.717) is 5.56 Å². The van der Waals surface area contributed by atoms with Crippen LogP contribution in [0.5, 0.6) is 0 Å². The quantitative estimate of drug-likeness (QED) is 0.505. The van der Waals surface area contributed by atoms with Crippen LogP contribution in [0.3, 0.4) is 0 Å². The molecule has 2 aliphatic heterocycles. The van der Waals surface area contributed by atoms with Crippen LogP contribution in [-0.2, 0) is 10.3 Å². The number of tetrazole rings is 1. The number of aliphatic hydroxyl groups is 2. The van der Waals surface area contributed by atoms with E-state index in [0.717, 1.165) is 4.57 Å².